The summed E-state index contributed by atoms with van der Waals surface area (Å²) in [7, 11) is 0. The number of pyridine rings is 1. The van der Waals surface area contributed by atoms with Crippen LogP contribution < -0.4 is 21.5 Å². The van der Waals surface area contributed by atoms with E-state index in [0.29, 0.717) is 12.5 Å². The number of hydrogen-bond acceptors (Lipinski definition) is 7. The van der Waals surface area contributed by atoms with E-state index in [2.05, 4.69) is 16.0 Å². The number of carbonyl (C=O) groups excluding carboxylic acids is 3. The Hall–Kier alpha value is -3.39. The predicted molar refractivity (Wildman–Crippen MR) is 126 cm³/mol. The van der Waals surface area contributed by atoms with Gasteiger partial charge in [-0.3, -0.25) is 14.4 Å². The van der Waals surface area contributed by atoms with Gasteiger partial charge < -0.3 is 30.4 Å². The van der Waals surface area contributed by atoms with E-state index in [9.17, 15) is 24.3 Å². The van der Waals surface area contributed by atoms with Gasteiger partial charge in [-0.25, -0.2) is 4.79 Å². The number of aromatic nitrogens is 1. The first-order valence-corrected chi connectivity index (χ1v) is 11.2. The minimum Gasteiger partial charge on any atom is -0.444 e. The van der Waals surface area contributed by atoms with E-state index in [-0.39, 0.29) is 31.0 Å². The second-order valence-corrected chi connectivity index (χ2v) is 9.30. The Morgan fingerprint density at radius 3 is 2.47 bits per heavy atom. The molecule has 0 aliphatic rings. The second kappa shape index (κ2) is 13.3. The maximum atomic E-state index is 12.8. The molecule has 0 saturated heterocycles. The molecule has 0 aliphatic carbocycles. The Kier molecular flexibility index (Phi) is 11.2. The normalized spacial score (nSPS) is 12.9. The summed E-state index contributed by atoms with van der Waals surface area (Å²) in [6.45, 7) is 9.33. The number of alkyl carbamates (subject to hydrolysis) is 1. The number of rotatable bonds is 11. The molecule has 11 nitrogen and oxygen atoms in total. The van der Waals surface area contributed by atoms with Crippen LogP contribution in [0.4, 0.5) is 10.5 Å². The molecule has 0 fully saturated rings. The van der Waals surface area contributed by atoms with Crippen molar-refractivity contribution in [2.24, 2.45) is 5.92 Å². The number of nitrogens with one attached hydrogen (secondary N) is 3. The molecule has 1 aromatic heterocycles. The van der Waals surface area contributed by atoms with Gasteiger partial charge >= 0.3 is 6.09 Å². The SMILES string of the molecule is CC(C)CCNC(=O)Cn1cccc(NC(=O)[C@H](CCC(O)C#N)NC(=O)OC(C)(C)C)c1=O. The molecular weight excluding hydrogens is 442 g/mol. The summed E-state index contributed by atoms with van der Waals surface area (Å²) in [5.41, 5.74) is -1.48. The Labute approximate surface area is 199 Å². The van der Waals surface area contributed by atoms with Gasteiger partial charge in [0, 0.05) is 12.7 Å². The monoisotopic (exact) mass is 477 g/mol. The Morgan fingerprint density at radius 2 is 1.88 bits per heavy atom. The van der Waals surface area contributed by atoms with Crippen molar-refractivity contribution in [3.05, 3.63) is 28.7 Å². The Bertz CT molecular complexity index is 944. The summed E-state index contributed by atoms with van der Waals surface area (Å²) in [6, 6.07) is 3.35. The molecule has 188 valence electrons. The van der Waals surface area contributed by atoms with Crippen molar-refractivity contribution in [2.75, 3.05) is 11.9 Å². The number of aliphatic hydroxyl groups excluding tert-OH is 1. The highest BCUT2D eigenvalue weighted by molar-refractivity contribution is 5.96. The largest absolute Gasteiger partial charge is 0.444 e. The number of anilines is 1. The molecular formula is C23H35N5O6. The average molecular weight is 478 g/mol. The second-order valence-electron chi connectivity index (χ2n) is 9.30. The fraction of sp³-hybridized carbons (Fsp3) is 0.609. The standard InChI is InChI=1S/C23H35N5O6/c1-15(2)10-11-25-19(30)14-28-12-6-7-18(21(28)32)26-20(31)17(9-8-16(29)13-24)27-22(33)34-23(3,4)5/h6-7,12,15-17,29H,8-11,14H2,1-5H3,(H,25,30)(H,26,31)(H,27,33)/t16?,17-/m0/s1. The Balaban J connectivity index is 2.92. The number of carbonyl (C=O) groups is 3. The number of nitriles is 1. The van der Waals surface area contributed by atoms with Gasteiger partial charge in [0.25, 0.3) is 5.56 Å². The van der Waals surface area contributed by atoms with E-state index < -0.39 is 35.3 Å². The fourth-order valence-corrected chi connectivity index (χ4v) is 2.79. The zero-order valence-corrected chi connectivity index (χ0v) is 20.4. The number of amides is 3. The highest BCUT2D eigenvalue weighted by atomic mass is 16.6. The summed E-state index contributed by atoms with van der Waals surface area (Å²) >= 11 is 0. The quantitative estimate of drug-likeness (QED) is 0.351. The van der Waals surface area contributed by atoms with Crippen molar-refractivity contribution in [2.45, 2.75) is 78.2 Å². The first-order valence-electron chi connectivity index (χ1n) is 11.2. The van der Waals surface area contributed by atoms with E-state index in [1.54, 1.807) is 26.8 Å². The third-order valence-corrected chi connectivity index (χ3v) is 4.52. The van der Waals surface area contributed by atoms with Crippen LogP contribution in [-0.2, 0) is 20.9 Å². The highest BCUT2D eigenvalue weighted by Crippen LogP contribution is 2.10. The number of nitrogens with zero attached hydrogens (tertiary/aromatic N) is 2. The zero-order valence-electron chi connectivity index (χ0n) is 20.4. The van der Waals surface area contributed by atoms with Crippen LogP contribution in [0.25, 0.3) is 0 Å². The third-order valence-electron chi connectivity index (χ3n) is 4.52. The van der Waals surface area contributed by atoms with E-state index in [1.807, 2.05) is 13.8 Å². The van der Waals surface area contributed by atoms with Crippen LogP contribution in [0, 0.1) is 17.2 Å². The van der Waals surface area contributed by atoms with E-state index >= 15 is 0 Å². The maximum Gasteiger partial charge on any atom is 0.408 e. The molecule has 1 unspecified atom stereocenters. The van der Waals surface area contributed by atoms with Crippen LogP contribution in [0.1, 0.15) is 53.9 Å². The molecule has 11 heteroatoms. The van der Waals surface area contributed by atoms with Crippen LogP contribution in [0.2, 0.25) is 0 Å². The van der Waals surface area contributed by atoms with Crippen molar-refractivity contribution < 1.29 is 24.2 Å². The lowest BCUT2D eigenvalue weighted by Crippen LogP contribution is -2.46. The van der Waals surface area contributed by atoms with Gasteiger partial charge in [0.05, 0.1) is 6.07 Å². The van der Waals surface area contributed by atoms with Gasteiger partial charge in [-0.05, 0) is 58.1 Å². The minimum absolute atomic E-state index is 0.0704. The molecule has 0 bridgehead atoms. The van der Waals surface area contributed by atoms with Crippen molar-refractivity contribution in [3.63, 3.8) is 0 Å². The fourth-order valence-electron chi connectivity index (χ4n) is 2.79. The lowest BCUT2D eigenvalue weighted by atomic mass is 10.1. The van der Waals surface area contributed by atoms with E-state index in [1.165, 1.54) is 18.3 Å². The zero-order chi connectivity index (χ0) is 25.9. The third kappa shape index (κ3) is 11.0. The molecule has 1 rings (SSSR count). The van der Waals surface area contributed by atoms with Gasteiger partial charge in [0.1, 0.15) is 30.0 Å². The molecule has 3 amide bonds. The smallest absolute Gasteiger partial charge is 0.408 e. The predicted octanol–water partition coefficient (Wildman–Crippen LogP) is 1.51. The lowest BCUT2D eigenvalue weighted by molar-refractivity contribution is -0.121. The van der Waals surface area contributed by atoms with Gasteiger partial charge in [-0.2, -0.15) is 5.26 Å². The molecule has 0 spiro atoms. The van der Waals surface area contributed by atoms with Gasteiger partial charge in [-0.1, -0.05) is 13.8 Å². The summed E-state index contributed by atoms with van der Waals surface area (Å²) in [4.78, 5) is 49.9. The molecule has 0 saturated carbocycles. The molecule has 0 aromatic carbocycles. The van der Waals surface area contributed by atoms with Crippen LogP contribution in [0.3, 0.4) is 0 Å². The molecule has 1 aromatic rings. The van der Waals surface area contributed by atoms with Gasteiger partial charge in [-0.15, -0.1) is 0 Å². The van der Waals surface area contributed by atoms with Crippen molar-refractivity contribution in [1.82, 2.24) is 15.2 Å². The maximum absolute atomic E-state index is 12.8. The van der Waals surface area contributed by atoms with Crippen LogP contribution in [-0.4, -0.2) is 51.9 Å². The summed E-state index contributed by atoms with van der Waals surface area (Å²) in [6.07, 6.45) is -0.0938. The van der Waals surface area contributed by atoms with E-state index in [4.69, 9.17) is 10.00 Å². The van der Waals surface area contributed by atoms with Crippen molar-refractivity contribution in [3.8, 4) is 6.07 Å². The Morgan fingerprint density at radius 1 is 1.21 bits per heavy atom. The first kappa shape index (κ1) is 28.6. The first-order chi connectivity index (χ1) is 15.8. The molecule has 0 radical (unpaired) electrons. The van der Waals surface area contributed by atoms with Crippen LogP contribution in [0.5, 0.6) is 0 Å². The van der Waals surface area contributed by atoms with Crippen molar-refractivity contribution in [1.29, 1.82) is 5.26 Å². The topological polar surface area (TPSA) is 163 Å². The average Bonchev–Trinajstić information content (AvgIpc) is 2.71. The lowest BCUT2D eigenvalue weighted by Gasteiger charge is -2.23. The minimum atomic E-state index is -1.32. The molecule has 34 heavy (non-hydrogen) atoms. The summed E-state index contributed by atoms with van der Waals surface area (Å²) < 4.78 is 6.33. The van der Waals surface area contributed by atoms with Gasteiger partial charge in [0.15, 0.2) is 0 Å². The van der Waals surface area contributed by atoms with E-state index in [0.717, 1.165) is 11.0 Å². The van der Waals surface area contributed by atoms with Crippen LogP contribution in [0.15, 0.2) is 23.1 Å². The van der Waals surface area contributed by atoms with Crippen molar-refractivity contribution >= 4 is 23.6 Å². The number of hydrogen-bond donors (Lipinski definition) is 4. The summed E-state index contributed by atoms with van der Waals surface area (Å²) in [5.74, 6) is -0.633. The molecule has 0 aliphatic heterocycles. The number of aliphatic hydroxyl groups is 1. The van der Waals surface area contributed by atoms with Gasteiger partial charge in [0.2, 0.25) is 11.8 Å². The van der Waals surface area contributed by atoms with Crippen LogP contribution >= 0.6 is 0 Å². The molecule has 4 N–H and O–H groups in total. The summed E-state index contributed by atoms with van der Waals surface area (Å²) in [5, 5.41) is 25.9. The highest BCUT2D eigenvalue weighted by Gasteiger charge is 2.26. The molecule has 1 heterocycles. The number of ether oxygens (including phenoxy) is 1. The molecule has 2 atom stereocenters.